The third kappa shape index (κ3) is 2.19. The van der Waals surface area contributed by atoms with Crippen molar-refractivity contribution < 1.29 is 19.8 Å². The smallest absolute Gasteiger partial charge is 0.326 e. The number of aliphatic hydroxyl groups excluding tert-OH is 1. The molecule has 1 aromatic heterocycles. The molecule has 1 saturated heterocycles. The molecule has 1 aliphatic rings. The summed E-state index contributed by atoms with van der Waals surface area (Å²) in [5, 5.41) is 22.4. The number of rotatable bonds is 3. The van der Waals surface area contributed by atoms with E-state index in [2.05, 4.69) is 10.1 Å². The van der Waals surface area contributed by atoms with Crippen molar-refractivity contribution >= 4 is 11.9 Å². The zero-order valence-corrected chi connectivity index (χ0v) is 9.80. The molecular formula is C10H14N4O4. The first kappa shape index (κ1) is 12.5. The predicted octanol–water partition coefficient (Wildman–Crippen LogP) is -1.11. The number of carboxylic acid groups (broad SMARTS) is 1. The van der Waals surface area contributed by atoms with E-state index >= 15 is 0 Å². The van der Waals surface area contributed by atoms with Gasteiger partial charge in [0.15, 0.2) is 0 Å². The number of β-amino-alcohol motifs (C(OH)–C–C–N with tert-alkyl or cyclic N) is 1. The summed E-state index contributed by atoms with van der Waals surface area (Å²) in [6, 6.07) is -1.61. The van der Waals surface area contributed by atoms with Gasteiger partial charge in [-0.2, -0.15) is 5.10 Å². The Bertz CT molecular complexity index is 447. The summed E-state index contributed by atoms with van der Waals surface area (Å²) >= 11 is 0. The van der Waals surface area contributed by atoms with Gasteiger partial charge in [-0.1, -0.05) is 0 Å². The summed E-state index contributed by atoms with van der Waals surface area (Å²) < 4.78 is 1.35. The predicted molar refractivity (Wildman–Crippen MR) is 58.5 cm³/mol. The van der Waals surface area contributed by atoms with Gasteiger partial charge in [-0.05, 0) is 6.92 Å². The van der Waals surface area contributed by atoms with Crippen LogP contribution in [0.4, 0.5) is 0 Å². The summed E-state index contributed by atoms with van der Waals surface area (Å²) in [4.78, 5) is 28.1. The van der Waals surface area contributed by atoms with Crippen molar-refractivity contribution in [2.45, 2.75) is 31.5 Å². The normalized spacial score (nSPS) is 25.1. The lowest BCUT2D eigenvalue weighted by molar-refractivity contribution is -0.149. The maximum Gasteiger partial charge on any atom is 0.326 e. The zero-order chi connectivity index (χ0) is 13.3. The van der Waals surface area contributed by atoms with E-state index in [4.69, 9.17) is 5.11 Å². The number of aliphatic carboxylic acids is 1. The third-order valence-electron chi connectivity index (χ3n) is 3.04. The van der Waals surface area contributed by atoms with Crippen LogP contribution in [0.3, 0.4) is 0 Å². The second-order valence-corrected chi connectivity index (χ2v) is 4.29. The molecule has 0 saturated carbocycles. The minimum Gasteiger partial charge on any atom is -0.480 e. The minimum absolute atomic E-state index is 0.0365. The Morgan fingerprint density at radius 1 is 1.50 bits per heavy atom. The number of aromatic nitrogens is 3. The summed E-state index contributed by atoms with van der Waals surface area (Å²) in [6.07, 6.45) is 1.96. The van der Waals surface area contributed by atoms with Crippen LogP contribution in [0, 0.1) is 0 Å². The van der Waals surface area contributed by atoms with Crippen LogP contribution in [0.15, 0.2) is 12.7 Å². The largest absolute Gasteiger partial charge is 0.480 e. The highest BCUT2D eigenvalue weighted by Gasteiger charge is 2.40. The summed E-state index contributed by atoms with van der Waals surface area (Å²) in [5.74, 6) is -1.49. The molecule has 1 unspecified atom stereocenters. The van der Waals surface area contributed by atoms with E-state index in [-0.39, 0.29) is 18.9 Å². The van der Waals surface area contributed by atoms with E-state index in [0.717, 1.165) is 0 Å². The second kappa shape index (κ2) is 4.73. The fourth-order valence-corrected chi connectivity index (χ4v) is 2.06. The van der Waals surface area contributed by atoms with Crippen LogP contribution in [-0.4, -0.2) is 60.4 Å². The monoisotopic (exact) mass is 254 g/mol. The van der Waals surface area contributed by atoms with Crippen molar-refractivity contribution in [1.29, 1.82) is 0 Å². The topological polar surface area (TPSA) is 109 Å². The van der Waals surface area contributed by atoms with Crippen molar-refractivity contribution in [3.05, 3.63) is 12.7 Å². The van der Waals surface area contributed by atoms with E-state index in [1.54, 1.807) is 6.92 Å². The van der Waals surface area contributed by atoms with Crippen LogP contribution in [-0.2, 0) is 9.59 Å². The van der Waals surface area contributed by atoms with Crippen LogP contribution in [0.5, 0.6) is 0 Å². The third-order valence-corrected chi connectivity index (χ3v) is 3.04. The van der Waals surface area contributed by atoms with Crippen molar-refractivity contribution in [3.8, 4) is 0 Å². The summed E-state index contributed by atoms with van der Waals surface area (Å²) in [5.41, 5.74) is 0. The lowest BCUT2D eigenvalue weighted by atomic mass is 10.2. The van der Waals surface area contributed by atoms with Crippen LogP contribution in [0.2, 0.25) is 0 Å². The van der Waals surface area contributed by atoms with Crippen LogP contribution in [0.1, 0.15) is 19.4 Å². The van der Waals surface area contributed by atoms with Gasteiger partial charge in [-0.15, -0.1) is 0 Å². The molecular weight excluding hydrogens is 240 g/mol. The maximum atomic E-state index is 12.2. The van der Waals surface area contributed by atoms with E-state index in [0.29, 0.717) is 0 Å². The average molecular weight is 254 g/mol. The molecule has 0 aromatic carbocycles. The highest BCUT2D eigenvalue weighted by atomic mass is 16.4. The number of amides is 1. The quantitative estimate of drug-likeness (QED) is 0.707. The molecule has 1 aliphatic heterocycles. The van der Waals surface area contributed by atoms with Gasteiger partial charge < -0.3 is 15.1 Å². The molecule has 3 atom stereocenters. The number of carboxylic acids is 1. The molecule has 0 radical (unpaired) electrons. The van der Waals surface area contributed by atoms with Crippen molar-refractivity contribution in [2.24, 2.45) is 0 Å². The highest BCUT2D eigenvalue weighted by molar-refractivity contribution is 5.86. The Hall–Kier alpha value is -1.96. The van der Waals surface area contributed by atoms with Crippen molar-refractivity contribution in [2.75, 3.05) is 6.54 Å². The number of carbonyl (C=O) groups is 2. The Labute approximate surface area is 103 Å². The van der Waals surface area contributed by atoms with E-state index in [1.165, 1.54) is 22.2 Å². The second-order valence-electron chi connectivity index (χ2n) is 4.29. The molecule has 0 aliphatic carbocycles. The van der Waals surface area contributed by atoms with E-state index in [1.807, 2.05) is 0 Å². The number of aliphatic hydroxyl groups is 1. The van der Waals surface area contributed by atoms with Crippen molar-refractivity contribution in [3.63, 3.8) is 0 Å². The Morgan fingerprint density at radius 3 is 2.78 bits per heavy atom. The fraction of sp³-hybridized carbons (Fsp3) is 0.600. The Kier molecular flexibility index (Phi) is 3.28. The molecule has 1 aromatic rings. The first-order chi connectivity index (χ1) is 8.50. The highest BCUT2D eigenvalue weighted by Crippen LogP contribution is 2.21. The summed E-state index contributed by atoms with van der Waals surface area (Å²) in [7, 11) is 0. The van der Waals surface area contributed by atoms with Crippen LogP contribution in [0.25, 0.3) is 0 Å². The first-order valence-electron chi connectivity index (χ1n) is 5.56. The molecule has 8 nitrogen and oxygen atoms in total. The Balaban J connectivity index is 2.15. The summed E-state index contributed by atoms with van der Waals surface area (Å²) in [6.45, 7) is 1.65. The number of hydrogen-bond acceptors (Lipinski definition) is 5. The molecule has 0 spiro atoms. The van der Waals surface area contributed by atoms with Gasteiger partial charge in [0.25, 0.3) is 0 Å². The number of nitrogens with zero attached hydrogens (tertiary/aromatic N) is 4. The van der Waals surface area contributed by atoms with Gasteiger partial charge in [-0.25, -0.2) is 14.5 Å². The van der Waals surface area contributed by atoms with E-state index in [9.17, 15) is 14.7 Å². The molecule has 1 amide bonds. The lowest BCUT2D eigenvalue weighted by Gasteiger charge is -2.24. The molecule has 98 valence electrons. The number of hydrogen-bond donors (Lipinski definition) is 2. The SMILES string of the molecule is CC(C(=O)N1C[C@H](O)C[C@H]1C(=O)O)n1cncn1. The van der Waals surface area contributed by atoms with Gasteiger partial charge in [0.2, 0.25) is 5.91 Å². The molecule has 18 heavy (non-hydrogen) atoms. The van der Waals surface area contributed by atoms with Crippen LogP contribution < -0.4 is 0 Å². The molecule has 2 rings (SSSR count). The van der Waals surface area contributed by atoms with Gasteiger partial charge in [0.1, 0.15) is 24.7 Å². The van der Waals surface area contributed by atoms with Gasteiger partial charge in [0.05, 0.1) is 6.10 Å². The Morgan fingerprint density at radius 2 is 2.22 bits per heavy atom. The molecule has 8 heteroatoms. The van der Waals surface area contributed by atoms with Gasteiger partial charge in [0, 0.05) is 13.0 Å². The molecule has 0 bridgehead atoms. The molecule has 1 fully saturated rings. The van der Waals surface area contributed by atoms with Crippen molar-refractivity contribution in [1.82, 2.24) is 19.7 Å². The lowest BCUT2D eigenvalue weighted by Crippen LogP contribution is -2.43. The van der Waals surface area contributed by atoms with Gasteiger partial charge in [-0.3, -0.25) is 4.79 Å². The molecule has 2 heterocycles. The zero-order valence-electron chi connectivity index (χ0n) is 9.80. The maximum absolute atomic E-state index is 12.2. The fourth-order valence-electron chi connectivity index (χ4n) is 2.06. The molecule has 2 N–H and O–H groups in total. The first-order valence-corrected chi connectivity index (χ1v) is 5.56. The minimum atomic E-state index is -1.11. The average Bonchev–Trinajstić information content (AvgIpc) is 2.95. The number of carbonyl (C=O) groups excluding carboxylic acids is 1. The van der Waals surface area contributed by atoms with Gasteiger partial charge >= 0.3 is 5.97 Å². The standard InChI is InChI=1S/C10H14N4O4/c1-6(14-5-11-4-12-14)9(16)13-3-7(15)2-8(13)10(17)18/h4-8,15H,2-3H2,1H3,(H,17,18)/t6?,7-,8+/m1/s1. The number of likely N-dealkylation sites (tertiary alicyclic amines) is 1. The van der Waals surface area contributed by atoms with Crippen LogP contribution >= 0.6 is 0 Å². The van der Waals surface area contributed by atoms with E-state index < -0.39 is 24.2 Å².